The first-order valence-corrected chi connectivity index (χ1v) is 8.43. The van der Waals surface area contributed by atoms with E-state index < -0.39 is 0 Å². The standard InChI is InChI=1S/C18H15Cl2N3O2/c1-10-9-15(24)22-23-17(10)11-5-7-12(8-6-11)21-18(25)13-3-2-4-14(19)16(13)20/h2-8,10H,9H2,1H3,(H,21,25)(H,22,24). The molecule has 1 atom stereocenters. The van der Waals surface area contributed by atoms with Crippen molar-refractivity contribution in [2.45, 2.75) is 13.3 Å². The van der Waals surface area contributed by atoms with Crippen LogP contribution in [0.5, 0.6) is 0 Å². The molecule has 2 amide bonds. The Bertz CT molecular complexity index is 863. The molecule has 0 aromatic heterocycles. The summed E-state index contributed by atoms with van der Waals surface area (Å²) in [5, 5.41) is 7.45. The molecule has 1 aliphatic rings. The lowest BCUT2D eigenvalue weighted by Crippen LogP contribution is -2.31. The number of rotatable bonds is 3. The second kappa shape index (κ2) is 7.25. The van der Waals surface area contributed by atoms with Gasteiger partial charge in [0.2, 0.25) is 5.91 Å². The van der Waals surface area contributed by atoms with Gasteiger partial charge in [0.1, 0.15) is 0 Å². The summed E-state index contributed by atoms with van der Waals surface area (Å²) in [5.41, 5.74) is 5.14. The molecule has 0 bridgehead atoms. The number of anilines is 1. The van der Waals surface area contributed by atoms with Gasteiger partial charge in [-0.05, 0) is 29.8 Å². The van der Waals surface area contributed by atoms with E-state index in [4.69, 9.17) is 23.2 Å². The summed E-state index contributed by atoms with van der Waals surface area (Å²) in [6.07, 6.45) is 0.407. The molecule has 2 N–H and O–H groups in total. The highest BCUT2D eigenvalue weighted by Crippen LogP contribution is 2.26. The molecule has 0 aliphatic carbocycles. The zero-order valence-corrected chi connectivity index (χ0v) is 14.9. The van der Waals surface area contributed by atoms with Gasteiger partial charge in [-0.25, -0.2) is 5.43 Å². The first-order valence-electron chi connectivity index (χ1n) is 7.68. The third-order valence-electron chi connectivity index (χ3n) is 3.89. The summed E-state index contributed by atoms with van der Waals surface area (Å²) in [6, 6.07) is 12.2. The summed E-state index contributed by atoms with van der Waals surface area (Å²) in [6.45, 7) is 1.95. The van der Waals surface area contributed by atoms with Gasteiger partial charge in [0, 0.05) is 18.0 Å². The number of nitrogens with one attached hydrogen (secondary N) is 2. The van der Waals surface area contributed by atoms with Gasteiger partial charge in [-0.3, -0.25) is 9.59 Å². The maximum Gasteiger partial charge on any atom is 0.257 e. The van der Waals surface area contributed by atoms with Crippen molar-refractivity contribution < 1.29 is 9.59 Å². The van der Waals surface area contributed by atoms with Crippen molar-refractivity contribution in [3.05, 3.63) is 63.6 Å². The zero-order valence-electron chi connectivity index (χ0n) is 13.3. The molecule has 0 saturated heterocycles. The first kappa shape index (κ1) is 17.5. The van der Waals surface area contributed by atoms with E-state index in [0.717, 1.165) is 11.3 Å². The smallest absolute Gasteiger partial charge is 0.257 e. The average molecular weight is 376 g/mol. The molecule has 128 valence electrons. The van der Waals surface area contributed by atoms with Crippen LogP contribution in [0.25, 0.3) is 0 Å². The van der Waals surface area contributed by atoms with Gasteiger partial charge in [-0.15, -0.1) is 0 Å². The van der Waals surface area contributed by atoms with Crippen molar-refractivity contribution in [1.82, 2.24) is 5.43 Å². The second-order valence-electron chi connectivity index (χ2n) is 5.77. The minimum atomic E-state index is -0.337. The van der Waals surface area contributed by atoms with Crippen molar-refractivity contribution in [3.8, 4) is 0 Å². The van der Waals surface area contributed by atoms with E-state index in [1.807, 2.05) is 19.1 Å². The van der Waals surface area contributed by atoms with Crippen molar-refractivity contribution >= 4 is 46.4 Å². The molecule has 1 aliphatic heterocycles. The van der Waals surface area contributed by atoms with E-state index in [9.17, 15) is 9.59 Å². The van der Waals surface area contributed by atoms with Crippen LogP contribution in [0.15, 0.2) is 47.6 Å². The van der Waals surface area contributed by atoms with E-state index in [2.05, 4.69) is 15.8 Å². The van der Waals surface area contributed by atoms with Gasteiger partial charge in [-0.1, -0.05) is 48.3 Å². The van der Waals surface area contributed by atoms with Gasteiger partial charge in [-0.2, -0.15) is 5.10 Å². The first-order chi connectivity index (χ1) is 12.0. The Kier molecular flexibility index (Phi) is 5.06. The molecule has 25 heavy (non-hydrogen) atoms. The van der Waals surface area contributed by atoms with Crippen LogP contribution in [0.3, 0.4) is 0 Å². The minimum absolute atomic E-state index is 0.0412. The molecule has 3 rings (SSSR count). The molecule has 0 saturated carbocycles. The largest absolute Gasteiger partial charge is 0.322 e. The van der Waals surface area contributed by atoms with E-state index in [1.54, 1.807) is 30.3 Å². The third-order valence-corrected chi connectivity index (χ3v) is 4.71. The van der Waals surface area contributed by atoms with Crippen LogP contribution in [-0.4, -0.2) is 17.5 Å². The Balaban J connectivity index is 1.76. The highest BCUT2D eigenvalue weighted by atomic mass is 35.5. The van der Waals surface area contributed by atoms with Crippen LogP contribution in [-0.2, 0) is 4.79 Å². The summed E-state index contributed by atoms with van der Waals surface area (Å²) in [4.78, 5) is 23.7. The van der Waals surface area contributed by atoms with Crippen LogP contribution >= 0.6 is 23.2 Å². The fraction of sp³-hybridized carbons (Fsp3) is 0.167. The maximum absolute atomic E-state index is 12.3. The fourth-order valence-electron chi connectivity index (χ4n) is 2.60. The Morgan fingerprint density at radius 1 is 1.20 bits per heavy atom. The maximum atomic E-state index is 12.3. The summed E-state index contributed by atoms with van der Waals surface area (Å²) in [5.74, 6) is -0.381. The molecule has 2 aromatic carbocycles. The predicted octanol–water partition coefficient (Wildman–Crippen LogP) is 4.11. The van der Waals surface area contributed by atoms with Crippen molar-refractivity contribution in [1.29, 1.82) is 0 Å². The number of carbonyl (C=O) groups excluding carboxylic acids is 2. The monoisotopic (exact) mass is 375 g/mol. The minimum Gasteiger partial charge on any atom is -0.322 e. The van der Waals surface area contributed by atoms with Crippen molar-refractivity contribution in [3.63, 3.8) is 0 Å². The number of hydrogen-bond acceptors (Lipinski definition) is 3. The third kappa shape index (κ3) is 3.83. The number of amides is 2. The second-order valence-corrected chi connectivity index (χ2v) is 6.56. The van der Waals surface area contributed by atoms with E-state index in [0.29, 0.717) is 22.7 Å². The summed E-state index contributed by atoms with van der Waals surface area (Å²) >= 11 is 12.0. The topological polar surface area (TPSA) is 70.6 Å². The van der Waals surface area contributed by atoms with E-state index in [1.165, 1.54) is 0 Å². The molecule has 1 unspecified atom stereocenters. The number of hydrazone groups is 1. The van der Waals surface area contributed by atoms with E-state index >= 15 is 0 Å². The Morgan fingerprint density at radius 3 is 2.60 bits per heavy atom. The molecule has 1 heterocycles. The fourth-order valence-corrected chi connectivity index (χ4v) is 2.99. The van der Waals surface area contributed by atoms with Gasteiger partial charge >= 0.3 is 0 Å². The number of hydrogen-bond donors (Lipinski definition) is 2. The Morgan fingerprint density at radius 2 is 1.92 bits per heavy atom. The molecular weight excluding hydrogens is 361 g/mol. The molecule has 5 nitrogen and oxygen atoms in total. The molecular formula is C18H15Cl2N3O2. The number of nitrogens with zero attached hydrogens (tertiary/aromatic N) is 1. The molecule has 7 heteroatoms. The molecule has 2 aromatic rings. The summed E-state index contributed by atoms with van der Waals surface area (Å²) < 4.78 is 0. The highest BCUT2D eigenvalue weighted by Gasteiger charge is 2.21. The van der Waals surface area contributed by atoms with Gasteiger partial charge in [0.05, 0.1) is 21.3 Å². The Hall–Kier alpha value is -2.37. The zero-order chi connectivity index (χ0) is 18.0. The molecule has 0 fully saturated rings. The van der Waals surface area contributed by atoms with Crippen LogP contribution < -0.4 is 10.7 Å². The SMILES string of the molecule is CC1CC(=O)NN=C1c1ccc(NC(=O)c2cccc(Cl)c2Cl)cc1. The number of benzene rings is 2. The normalized spacial score (nSPS) is 16.8. The predicted molar refractivity (Wildman–Crippen MR) is 99.3 cm³/mol. The van der Waals surface area contributed by atoms with Crippen molar-refractivity contribution in [2.24, 2.45) is 11.0 Å². The van der Waals surface area contributed by atoms with Crippen molar-refractivity contribution in [2.75, 3.05) is 5.32 Å². The van der Waals surface area contributed by atoms with Crippen LogP contribution in [0.4, 0.5) is 5.69 Å². The van der Waals surface area contributed by atoms with Gasteiger partial charge in [0.15, 0.2) is 0 Å². The average Bonchev–Trinajstić information content (AvgIpc) is 2.58. The highest BCUT2D eigenvalue weighted by molar-refractivity contribution is 6.44. The van der Waals surface area contributed by atoms with Gasteiger partial charge in [0.25, 0.3) is 5.91 Å². The van der Waals surface area contributed by atoms with E-state index in [-0.39, 0.29) is 22.8 Å². The van der Waals surface area contributed by atoms with Gasteiger partial charge < -0.3 is 5.32 Å². The lowest BCUT2D eigenvalue weighted by Gasteiger charge is -2.19. The number of carbonyl (C=O) groups is 2. The number of halogens is 2. The molecule has 0 radical (unpaired) electrons. The lowest BCUT2D eigenvalue weighted by atomic mass is 9.94. The quantitative estimate of drug-likeness (QED) is 0.847. The summed E-state index contributed by atoms with van der Waals surface area (Å²) in [7, 11) is 0. The molecule has 0 spiro atoms. The van der Waals surface area contributed by atoms with Crippen LogP contribution in [0, 0.1) is 5.92 Å². The Labute approximate surface area is 155 Å². The lowest BCUT2D eigenvalue weighted by molar-refractivity contribution is -0.121. The van der Waals surface area contributed by atoms with Crippen LogP contribution in [0.2, 0.25) is 10.0 Å². The van der Waals surface area contributed by atoms with Crippen LogP contribution in [0.1, 0.15) is 29.3 Å².